The van der Waals surface area contributed by atoms with Crippen LogP contribution in [0.4, 0.5) is 4.39 Å². The number of halogens is 1. The summed E-state index contributed by atoms with van der Waals surface area (Å²) in [6.45, 7) is 3.25. The first kappa shape index (κ1) is 17.1. The zero-order valence-corrected chi connectivity index (χ0v) is 13.1. The molecule has 2 aromatic rings. The summed E-state index contributed by atoms with van der Waals surface area (Å²) in [6, 6.07) is 4.11. The molecule has 0 radical (unpaired) electrons. The Hall–Kier alpha value is -2.21. The number of benzene rings is 1. The van der Waals surface area contributed by atoms with E-state index in [4.69, 9.17) is 9.47 Å². The Balaban J connectivity index is 1.93. The maximum Gasteiger partial charge on any atom is 0.326 e. The summed E-state index contributed by atoms with van der Waals surface area (Å²) in [4.78, 5) is 22.9. The Morgan fingerprint density at radius 2 is 2.13 bits per heavy atom. The van der Waals surface area contributed by atoms with Crippen molar-refractivity contribution in [3.8, 4) is 0 Å². The molecule has 1 aromatic carbocycles. The number of esters is 1. The summed E-state index contributed by atoms with van der Waals surface area (Å²) in [7, 11) is 0. The maximum absolute atomic E-state index is 13.3. The number of rotatable bonds is 9. The van der Waals surface area contributed by atoms with Crippen LogP contribution in [0.2, 0.25) is 0 Å². The molecule has 1 heterocycles. The summed E-state index contributed by atoms with van der Waals surface area (Å²) >= 11 is 0. The highest BCUT2D eigenvalue weighted by Gasteiger charge is 2.12. The van der Waals surface area contributed by atoms with Crippen LogP contribution in [0.15, 0.2) is 24.4 Å². The summed E-state index contributed by atoms with van der Waals surface area (Å²) in [6.07, 6.45) is 4.20. The van der Waals surface area contributed by atoms with E-state index in [1.54, 1.807) is 10.6 Å². The molecular weight excluding hydrogens is 301 g/mol. The molecule has 0 saturated heterocycles. The van der Waals surface area contributed by atoms with E-state index in [1.807, 2.05) is 0 Å². The second-order valence-corrected chi connectivity index (χ2v) is 5.18. The van der Waals surface area contributed by atoms with Crippen LogP contribution in [-0.2, 0) is 20.8 Å². The van der Waals surface area contributed by atoms with E-state index in [9.17, 15) is 14.0 Å². The minimum absolute atomic E-state index is 0.0368. The van der Waals surface area contributed by atoms with Crippen molar-refractivity contribution in [3.63, 3.8) is 0 Å². The van der Waals surface area contributed by atoms with Crippen LogP contribution in [0.5, 0.6) is 0 Å². The quantitative estimate of drug-likeness (QED) is 0.405. The minimum atomic E-state index is -0.428. The monoisotopic (exact) mass is 321 g/mol. The Morgan fingerprint density at radius 3 is 2.87 bits per heavy atom. The smallest absolute Gasteiger partial charge is 0.326 e. The third kappa shape index (κ3) is 4.63. The molecule has 0 aliphatic heterocycles. The van der Waals surface area contributed by atoms with Gasteiger partial charge in [0.15, 0.2) is 6.29 Å². The van der Waals surface area contributed by atoms with Gasteiger partial charge in [-0.2, -0.15) is 0 Å². The minimum Gasteiger partial charge on any atom is -0.462 e. The van der Waals surface area contributed by atoms with Gasteiger partial charge < -0.3 is 14.0 Å². The highest BCUT2D eigenvalue weighted by molar-refractivity contribution is 5.98. The molecular formula is C17H20FNO4. The normalized spacial score (nSPS) is 10.9. The number of carbonyl (C=O) groups is 2. The largest absolute Gasteiger partial charge is 0.462 e. The fourth-order valence-corrected chi connectivity index (χ4v) is 2.27. The van der Waals surface area contributed by atoms with E-state index in [0.717, 1.165) is 12.8 Å². The summed E-state index contributed by atoms with van der Waals surface area (Å²) in [5, 5.41) is 0.482. The van der Waals surface area contributed by atoms with Gasteiger partial charge in [0.25, 0.3) is 0 Å². The topological polar surface area (TPSA) is 57.5 Å². The van der Waals surface area contributed by atoms with Gasteiger partial charge in [0.1, 0.15) is 19.0 Å². The van der Waals surface area contributed by atoms with Gasteiger partial charge in [-0.15, -0.1) is 0 Å². The lowest BCUT2D eigenvalue weighted by molar-refractivity contribution is -0.145. The fraction of sp³-hybridized carbons (Fsp3) is 0.412. The van der Waals surface area contributed by atoms with Gasteiger partial charge in [0, 0.05) is 29.3 Å². The molecule has 0 bridgehead atoms. The SMILES string of the molecule is CCCCOCCOC(=O)Cn1cc(C=O)c2cc(F)ccc21. The second kappa shape index (κ2) is 8.43. The van der Waals surface area contributed by atoms with E-state index in [0.29, 0.717) is 36.0 Å². The average molecular weight is 321 g/mol. The van der Waals surface area contributed by atoms with Crippen molar-refractivity contribution in [2.75, 3.05) is 19.8 Å². The molecule has 0 saturated carbocycles. The standard InChI is InChI=1S/C17H20FNO4/c1-2-3-6-22-7-8-23-17(21)11-19-10-13(12-20)15-9-14(18)4-5-16(15)19/h4-5,9-10,12H,2-3,6-8,11H2,1H3. The van der Waals surface area contributed by atoms with Gasteiger partial charge in [-0.1, -0.05) is 13.3 Å². The Labute approximate surface area is 134 Å². The van der Waals surface area contributed by atoms with Crippen molar-refractivity contribution in [3.05, 3.63) is 35.8 Å². The summed E-state index contributed by atoms with van der Waals surface area (Å²) < 4.78 is 25.3. The lowest BCUT2D eigenvalue weighted by Crippen LogP contribution is -2.16. The van der Waals surface area contributed by atoms with Crippen LogP contribution in [0, 0.1) is 5.82 Å². The number of nitrogens with zero attached hydrogens (tertiary/aromatic N) is 1. The molecule has 0 amide bonds. The van der Waals surface area contributed by atoms with Crippen LogP contribution in [0.1, 0.15) is 30.1 Å². The molecule has 23 heavy (non-hydrogen) atoms. The maximum atomic E-state index is 13.3. The van der Waals surface area contributed by atoms with Crippen LogP contribution < -0.4 is 0 Å². The molecule has 0 unspecified atom stereocenters. The molecule has 2 rings (SSSR count). The van der Waals surface area contributed by atoms with Crippen molar-refractivity contribution in [1.82, 2.24) is 4.57 Å². The van der Waals surface area contributed by atoms with Crippen molar-refractivity contribution in [2.24, 2.45) is 0 Å². The molecule has 0 aliphatic carbocycles. The van der Waals surface area contributed by atoms with Crippen molar-refractivity contribution >= 4 is 23.2 Å². The first-order chi connectivity index (χ1) is 11.2. The number of fused-ring (bicyclic) bond motifs is 1. The molecule has 1 aromatic heterocycles. The van der Waals surface area contributed by atoms with Crippen molar-refractivity contribution in [2.45, 2.75) is 26.3 Å². The zero-order valence-electron chi connectivity index (χ0n) is 13.1. The average Bonchev–Trinajstić information content (AvgIpc) is 2.87. The lowest BCUT2D eigenvalue weighted by atomic mass is 10.2. The number of carbonyl (C=O) groups excluding carboxylic acids is 2. The number of unbranched alkanes of at least 4 members (excludes halogenated alkanes) is 1. The van der Waals surface area contributed by atoms with E-state index in [1.165, 1.54) is 18.3 Å². The number of hydrogen-bond acceptors (Lipinski definition) is 4. The van der Waals surface area contributed by atoms with Crippen LogP contribution in [0.3, 0.4) is 0 Å². The molecule has 6 heteroatoms. The Bertz CT molecular complexity index is 681. The molecule has 0 fully saturated rings. The highest BCUT2D eigenvalue weighted by Crippen LogP contribution is 2.21. The van der Waals surface area contributed by atoms with E-state index < -0.39 is 11.8 Å². The second-order valence-electron chi connectivity index (χ2n) is 5.18. The highest BCUT2D eigenvalue weighted by atomic mass is 19.1. The van der Waals surface area contributed by atoms with E-state index in [-0.39, 0.29) is 13.2 Å². The van der Waals surface area contributed by atoms with Crippen molar-refractivity contribution < 1.29 is 23.5 Å². The number of aromatic nitrogens is 1. The van der Waals surface area contributed by atoms with Gasteiger partial charge in [0.2, 0.25) is 0 Å². The first-order valence-corrected chi connectivity index (χ1v) is 7.62. The third-order valence-corrected chi connectivity index (χ3v) is 3.43. The molecule has 5 nitrogen and oxygen atoms in total. The number of hydrogen-bond donors (Lipinski definition) is 0. The first-order valence-electron chi connectivity index (χ1n) is 7.62. The summed E-state index contributed by atoms with van der Waals surface area (Å²) in [5.41, 5.74) is 0.958. The van der Waals surface area contributed by atoms with Gasteiger partial charge in [-0.3, -0.25) is 9.59 Å². The van der Waals surface area contributed by atoms with Crippen LogP contribution >= 0.6 is 0 Å². The molecule has 0 N–H and O–H groups in total. The fourth-order valence-electron chi connectivity index (χ4n) is 2.27. The predicted octanol–water partition coefficient (Wildman–Crippen LogP) is 2.95. The third-order valence-electron chi connectivity index (χ3n) is 3.43. The number of aldehydes is 1. The lowest BCUT2D eigenvalue weighted by Gasteiger charge is -2.07. The molecule has 0 atom stereocenters. The molecule has 0 spiro atoms. The van der Waals surface area contributed by atoms with Crippen LogP contribution in [-0.4, -0.2) is 36.6 Å². The van der Waals surface area contributed by atoms with Gasteiger partial charge in [-0.25, -0.2) is 4.39 Å². The number of ether oxygens (including phenoxy) is 2. The molecule has 124 valence electrons. The van der Waals surface area contributed by atoms with Gasteiger partial charge in [-0.05, 0) is 24.6 Å². The summed E-state index contributed by atoms with van der Waals surface area (Å²) in [5.74, 6) is -0.854. The molecule has 0 aliphatic rings. The van der Waals surface area contributed by atoms with Crippen LogP contribution in [0.25, 0.3) is 10.9 Å². The van der Waals surface area contributed by atoms with Gasteiger partial charge in [0.05, 0.1) is 6.61 Å². The Morgan fingerprint density at radius 1 is 1.30 bits per heavy atom. The van der Waals surface area contributed by atoms with Gasteiger partial charge >= 0.3 is 5.97 Å². The van der Waals surface area contributed by atoms with E-state index >= 15 is 0 Å². The predicted molar refractivity (Wildman–Crippen MR) is 84.0 cm³/mol. The van der Waals surface area contributed by atoms with E-state index in [2.05, 4.69) is 6.92 Å². The zero-order chi connectivity index (χ0) is 16.7. The van der Waals surface area contributed by atoms with Crippen molar-refractivity contribution in [1.29, 1.82) is 0 Å². The Kier molecular flexibility index (Phi) is 6.29.